The molecular weight excluding hydrogens is 434 g/mol. The molecule has 2 amide bonds. The Hall–Kier alpha value is -3.00. The van der Waals surface area contributed by atoms with Crippen molar-refractivity contribution in [1.29, 1.82) is 0 Å². The summed E-state index contributed by atoms with van der Waals surface area (Å²) < 4.78 is 0. The normalized spacial score (nSPS) is 17.8. The number of likely N-dealkylation sites (tertiary alicyclic amines) is 1. The van der Waals surface area contributed by atoms with E-state index in [-0.39, 0.29) is 11.8 Å². The summed E-state index contributed by atoms with van der Waals surface area (Å²) in [6.07, 6.45) is 7.55. The van der Waals surface area contributed by atoms with Gasteiger partial charge in [0.2, 0.25) is 5.91 Å². The number of carbonyl (C=O) groups excluding carboxylic acids is 2. The summed E-state index contributed by atoms with van der Waals surface area (Å²) >= 11 is 1.53. The maximum absolute atomic E-state index is 12.8. The number of nitrogens with one attached hydrogen (secondary N) is 2. The number of H-pyrrole nitrogens is 1. The molecule has 3 aromatic rings. The molecule has 0 spiro atoms. The van der Waals surface area contributed by atoms with E-state index in [9.17, 15) is 9.59 Å². The first-order valence-corrected chi connectivity index (χ1v) is 12.7. The highest BCUT2D eigenvalue weighted by atomic mass is 32.1. The molecule has 7 nitrogen and oxygen atoms in total. The van der Waals surface area contributed by atoms with Crippen molar-refractivity contribution in [3.05, 3.63) is 52.5 Å². The summed E-state index contributed by atoms with van der Waals surface area (Å²) in [7, 11) is 0. The van der Waals surface area contributed by atoms with Crippen molar-refractivity contribution in [3.63, 3.8) is 0 Å². The molecule has 172 valence electrons. The quantitative estimate of drug-likeness (QED) is 0.553. The molecule has 8 heteroatoms. The van der Waals surface area contributed by atoms with E-state index in [1.807, 2.05) is 41.8 Å². The van der Waals surface area contributed by atoms with Crippen molar-refractivity contribution in [2.45, 2.75) is 50.9 Å². The molecule has 0 bridgehead atoms. The molecule has 0 unspecified atom stereocenters. The number of aromatic nitrogens is 3. The fourth-order valence-electron chi connectivity index (χ4n) is 4.87. The zero-order valence-corrected chi connectivity index (χ0v) is 19.4. The first-order valence-electron chi connectivity index (χ1n) is 11.8. The van der Waals surface area contributed by atoms with Gasteiger partial charge in [-0.1, -0.05) is 49.6 Å². The van der Waals surface area contributed by atoms with E-state index in [1.54, 1.807) is 0 Å². The van der Waals surface area contributed by atoms with Gasteiger partial charge in [-0.2, -0.15) is 5.10 Å². The van der Waals surface area contributed by atoms with Gasteiger partial charge in [-0.3, -0.25) is 14.7 Å². The topological polar surface area (TPSA) is 91.0 Å². The fourth-order valence-corrected chi connectivity index (χ4v) is 5.84. The Morgan fingerprint density at radius 2 is 1.79 bits per heavy atom. The highest BCUT2D eigenvalue weighted by molar-refractivity contribution is 7.10. The van der Waals surface area contributed by atoms with Crippen molar-refractivity contribution >= 4 is 29.0 Å². The van der Waals surface area contributed by atoms with Crippen LogP contribution in [0.2, 0.25) is 0 Å². The second-order valence-corrected chi connectivity index (χ2v) is 9.88. The van der Waals surface area contributed by atoms with Gasteiger partial charge in [0.05, 0.1) is 10.7 Å². The monoisotopic (exact) mass is 463 g/mol. The SMILES string of the molecule is O=C(Nc1cc(-c2ccccc2)[nH]n1)c1csc(C2CCN(C(=O)C3CCCCC3)CC2)n1. The van der Waals surface area contributed by atoms with Crippen LogP contribution < -0.4 is 5.32 Å². The van der Waals surface area contributed by atoms with Gasteiger partial charge in [0, 0.05) is 36.4 Å². The molecule has 1 saturated heterocycles. The molecule has 1 aliphatic carbocycles. The van der Waals surface area contributed by atoms with Gasteiger partial charge in [-0.25, -0.2) is 4.98 Å². The number of carbonyl (C=O) groups is 2. The third kappa shape index (κ3) is 5.00. The summed E-state index contributed by atoms with van der Waals surface area (Å²) in [5.41, 5.74) is 2.27. The van der Waals surface area contributed by atoms with Gasteiger partial charge in [-0.05, 0) is 31.2 Å². The zero-order chi connectivity index (χ0) is 22.6. The number of hydrogen-bond donors (Lipinski definition) is 2. The molecule has 1 aliphatic heterocycles. The largest absolute Gasteiger partial charge is 0.342 e. The van der Waals surface area contributed by atoms with Crippen LogP contribution in [0.3, 0.4) is 0 Å². The molecule has 2 aromatic heterocycles. The van der Waals surface area contributed by atoms with Crippen LogP contribution in [0.25, 0.3) is 11.3 Å². The van der Waals surface area contributed by atoms with Crippen LogP contribution in [-0.2, 0) is 4.79 Å². The van der Waals surface area contributed by atoms with E-state index in [4.69, 9.17) is 0 Å². The minimum Gasteiger partial charge on any atom is -0.342 e. The molecule has 0 radical (unpaired) electrons. The summed E-state index contributed by atoms with van der Waals surface area (Å²) in [5, 5.41) is 12.8. The molecular formula is C25H29N5O2S. The minimum atomic E-state index is -0.256. The lowest BCUT2D eigenvalue weighted by Gasteiger charge is -2.34. The number of amides is 2. The minimum absolute atomic E-state index is 0.231. The first kappa shape index (κ1) is 21.8. The van der Waals surface area contributed by atoms with E-state index >= 15 is 0 Å². The van der Waals surface area contributed by atoms with E-state index in [2.05, 4.69) is 25.4 Å². The Morgan fingerprint density at radius 1 is 1.03 bits per heavy atom. The number of rotatable bonds is 5. The summed E-state index contributed by atoms with van der Waals surface area (Å²) in [6.45, 7) is 1.58. The van der Waals surface area contributed by atoms with Gasteiger partial charge in [0.15, 0.2) is 5.82 Å². The number of thiazole rings is 1. The van der Waals surface area contributed by atoms with Crippen LogP contribution in [0.5, 0.6) is 0 Å². The first-order chi connectivity index (χ1) is 16.2. The number of hydrogen-bond acceptors (Lipinski definition) is 5. The van der Waals surface area contributed by atoms with Crippen LogP contribution in [0.15, 0.2) is 41.8 Å². The van der Waals surface area contributed by atoms with Crippen LogP contribution in [0.1, 0.15) is 66.4 Å². The molecule has 2 N–H and O–H groups in total. The predicted molar refractivity (Wildman–Crippen MR) is 129 cm³/mol. The Kier molecular flexibility index (Phi) is 6.53. The van der Waals surface area contributed by atoms with Crippen LogP contribution in [0, 0.1) is 5.92 Å². The van der Waals surface area contributed by atoms with Gasteiger partial charge in [0.25, 0.3) is 5.91 Å². The molecule has 1 saturated carbocycles. The van der Waals surface area contributed by atoms with E-state index in [0.717, 1.165) is 55.0 Å². The van der Waals surface area contributed by atoms with Crippen molar-refractivity contribution in [2.24, 2.45) is 5.92 Å². The van der Waals surface area contributed by atoms with Gasteiger partial charge in [-0.15, -0.1) is 11.3 Å². The maximum Gasteiger partial charge on any atom is 0.276 e. The summed E-state index contributed by atoms with van der Waals surface area (Å²) in [6, 6.07) is 11.7. The second-order valence-electron chi connectivity index (χ2n) is 8.99. The highest BCUT2D eigenvalue weighted by Gasteiger charge is 2.30. The second kappa shape index (κ2) is 9.87. The third-order valence-corrected chi connectivity index (χ3v) is 7.78. The number of benzene rings is 1. The van der Waals surface area contributed by atoms with Crippen molar-refractivity contribution < 1.29 is 9.59 Å². The van der Waals surface area contributed by atoms with E-state index < -0.39 is 0 Å². The third-order valence-electron chi connectivity index (χ3n) is 6.77. The molecule has 5 rings (SSSR count). The summed E-state index contributed by atoms with van der Waals surface area (Å²) in [4.78, 5) is 32.2. The van der Waals surface area contributed by atoms with Crippen LogP contribution in [0.4, 0.5) is 5.82 Å². The Bertz CT molecular complexity index is 1090. The molecule has 1 aromatic carbocycles. The smallest absolute Gasteiger partial charge is 0.276 e. The number of aromatic amines is 1. The van der Waals surface area contributed by atoms with Crippen molar-refractivity contribution in [1.82, 2.24) is 20.1 Å². The van der Waals surface area contributed by atoms with E-state index in [0.29, 0.717) is 23.3 Å². The number of anilines is 1. The Balaban J connectivity index is 1.16. The predicted octanol–water partition coefficient (Wildman–Crippen LogP) is 5.07. The molecule has 33 heavy (non-hydrogen) atoms. The number of piperidine rings is 1. The standard InChI is InChI=1S/C25H29N5O2S/c31-23(27-22-15-20(28-29-22)17-7-3-1-4-8-17)21-16-33-24(26-21)18-11-13-30(14-12-18)25(32)19-9-5-2-6-10-19/h1,3-4,7-8,15-16,18-19H,2,5-6,9-14H2,(H2,27,28,29,31). The average Bonchev–Trinajstić information content (AvgIpc) is 3.55. The molecule has 0 atom stereocenters. The Morgan fingerprint density at radius 3 is 2.55 bits per heavy atom. The lowest BCUT2D eigenvalue weighted by Crippen LogP contribution is -2.41. The van der Waals surface area contributed by atoms with Crippen molar-refractivity contribution in [2.75, 3.05) is 18.4 Å². The lowest BCUT2D eigenvalue weighted by molar-refractivity contribution is -0.137. The lowest BCUT2D eigenvalue weighted by atomic mass is 9.87. The van der Waals surface area contributed by atoms with Gasteiger partial charge >= 0.3 is 0 Å². The van der Waals surface area contributed by atoms with Gasteiger partial charge < -0.3 is 10.2 Å². The highest BCUT2D eigenvalue weighted by Crippen LogP contribution is 2.33. The van der Waals surface area contributed by atoms with Crippen LogP contribution in [-0.4, -0.2) is 45.0 Å². The van der Waals surface area contributed by atoms with E-state index in [1.165, 1.54) is 30.6 Å². The molecule has 2 aliphatic rings. The van der Waals surface area contributed by atoms with Crippen molar-refractivity contribution in [3.8, 4) is 11.3 Å². The molecule has 3 heterocycles. The fraction of sp³-hybridized carbons (Fsp3) is 0.440. The zero-order valence-electron chi connectivity index (χ0n) is 18.6. The van der Waals surface area contributed by atoms with Gasteiger partial charge in [0.1, 0.15) is 5.69 Å². The maximum atomic E-state index is 12.8. The van der Waals surface area contributed by atoms with Crippen LogP contribution >= 0.6 is 11.3 Å². The Labute approximate surface area is 197 Å². The molecule has 2 fully saturated rings. The average molecular weight is 464 g/mol. The summed E-state index contributed by atoms with van der Waals surface area (Å²) in [5.74, 6) is 1.11. The number of nitrogens with zero attached hydrogens (tertiary/aromatic N) is 3.